The standard InChI is InChI=1S/C23H19N5O3S2/c1-13-6-3-4-8-16(13)20-26-21(31-27-20)19-14(2)18-22(33-19)25-12-28(23(18)30)11-17(29)24-10-15-7-5-9-32-15/h3-9,12H,10-11H2,1-2H3,(H,24,29). The first-order valence-electron chi connectivity index (χ1n) is 10.2. The van der Waals surface area contributed by atoms with E-state index in [1.54, 1.807) is 11.3 Å². The summed E-state index contributed by atoms with van der Waals surface area (Å²) in [6.07, 6.45) is 1.40. The van der Waals surface area contributed by atoms with E-state index >= 15 is 0 Å². The number of nitrogens with one attached hydrogen (secondary N) is 1. The molecule has 4 heterocycles. The summed E-state index contributed by atoms with van der Waals surface area (Å²) >= 11 is 2.89. The van der Waals surface area contributed by atoms with E-state index in [0.717, 1.165) is 16.0 Å². The molecule has 0 atom stereocenters. The highest BCUT2D eigenvalue weighted by Crippen LogP contribution is 2.35. The lowest BCUT2D eigenvalue weighted by molar-refractivity contribution is -0.121. The Morgan fingerprint density at radius 1 is 1.18 bits per heavy atom. The average molecular weight is 478 g/mol. The topological polar surface area (TPSA) is 103 Å². The van der Waals surface area contributed by atoms with Crippen LogP contribution >= 0.6 is 22.7 Å². The fraction of sp³-hybridized carbons (Fsp3) is 0.174. The van der Waals surface area contributed by atoms with E-state index in [1.807, 2.05) is 55.6 Å². The van der Waals surface area contributed by atoms with Gasteiger partial charge in [-0.3, -0.25) is 14.2 Å². The minimum atomic E-state index is -0.273. The monoisotopic (exact) mass is 477 g/mol. The quantitative estimate of drug-likeness (QED) is 0.394. The first kappa shape index (κ1) is 21.2. The molecule has 0 bridgehead atoms. The molecule has 5 rings (SSSR count). The summed E-state index contributed by atoms with van der Waals surface area (Å²) in [5, 5.41) is 9.36. The highest BCUT2D eigenvalue weighted by Gasteiger charge is 2.21. The number of fused-ring (bicyclic) bond motifs is 1. The van der Waals surface area contributed by atoms with Crippen LogP contribution in [0, 0.1) is 13.8 Å². The molecular formula is C23H19N5O3S2. The summed E-state index contributed by atoms with van der Waals surface area (Å²) in [6, 6.07) is 11.7. The first-order chi connectivity index (χ1) is 16.0. The molecule has 8 nitrogen and oxygen atoms in total. The van der Waals surface area contributed by atoms with Crippen LogP contribution in [0.3, 0.4) is 0 Å². The summed E-state index contributed by atoms with van der Waals surface area (Å²) in [6.45, 7) is 4.15. The van der Waals surface area contributed by atoms with Crippen LogP contribution in [0.4, 0.5) is 0 Å². The largest absolute Gasteiger partial charge is 0.350 e. The number of benzene rings is 1. The third kappa shape index (κ3) is 4.10. The van der Waals surface area contributed by atoms with Crippen molar-refractivity contribution >= 4 is 38.8 Å². The van der Waals surface area contributed by atoms with Crippen LogP contribution in [-0.2, 0) is 17.9 Å². The summed E-state index contributed by atoms with van der Waals surface area (Å²) in [4.78, 5) is 36.7. The van der Waals surface area contributed by atoms with Crippen LogP contribution < -0.4 is 10.9 Å². The molecule has 0 aliphatic heterocycles. The Morgan fingerprint density at radius 3 is 2.82 bits per heavy atom. The molecule has 166 valence electrons. The van der Waals surface area contributed by atoms with Crippen molar-refractivity contribution in [2.45, 2.75) is 26.9 Å². The van der Waals surface area contributed by atoms with E-state index in [-0.39, 0.29) is 18.0 Å². The van der Waals surface area contributed by atoms with Gasteiger partial charge in [-0.1, -0.05) is 35.5 Å². The predicted molar refractivity (Wildman–Crippen MR) is 128 cm³/mol. The van der Waals surface area contributed by atoms with Crippen molar-refractivity contribution in [2.75, 3.05) is 0 Å². The third-order valence-electron chi connectivity index (χ3n) is 5.28. The van der Waals surface area contributed by atoms with Gasteiger partial charge in [0.1, 0.15) is 11.4 Å². The highest BCUT2D eigenvalue weighted by molar-refractivity contribution is 7.22. The molecule has 0 saturated heterocycles. The maximum atomic E-state index is 13.1. The van der Waals surface area contributed by atoms with Gasteiger partial charge in [0.2, 0.25) is 11.7 Å². The lowest BCUT2D eigenvalue weighted by Crippen LogP contribution is -2.32. The van der Waals surface area contributed by atoms with Gasteiger partial charge in [0.25, 0.3) is 11.4 Å². The number of aryl methyl sites for hydroxylation is 2. The van der Waals surface area contributed by atoms with E-state index in [4.69, 9.17) is 4.52 Å². The molecule has 1 amide bonds. The summed E-state index contributed by atoms with van der Waals surface area (Å²) < 4.78 is 6.84. The number of hydrogen-bond donors (Lipinski definition) is 1. The Hall–Kier alpha value is -3.63. The molecule has 5 aromatic rings. The molecule has 0 saturated carbocycles. The summed E-state index contributed by atoms with van der Waals surface area (Å²) in [5.74, 6) is 0.584. The van der Waals surface area contributed by atoms with E-state index in [1.165, 1.54) is 22.2 Å². The molecular weight excluding hydrogens is 458 g/mol. The van der Waals surface area contributed by atoms with Crippen molar-refractivity contribution in [1.82, 2.24) is 25.0 Å². The maximum Gasteiger partial charge on any atom is 0.268 e. The Labute approximate surface area is 196 Å². The number of thiophene rings is 2. The van der Waals surface area contributed by atoms with Crippen LogP contribution in [0.2, 0.25) is 0 Å². The molecule has 0 radical (unpaired) electrons. The molecule has 1 aromatic carbocycles. The first-order valence-corrected chi connectivity index (χ1v) is 11.9. The van der Waals surface area contributed by atoms with Crippen LogP contribution in [0.1, 0.15) is 16.0 Å². The number of hydrogen-bond acceptors (Lipinski definition) is 8. The smallest absolute Gasteiger partial charge is 0.268 e. The normalized spacial score (nSPS) is 11.2. The fourth-order valence-corrected chi connectivity index (χ4v) is 5.24. The lowest BCUT2D eigenvalue weighted by atomic mass is 10.1. The number of aromatic nitrogens is 4. The fourth-order valence-electron chi connectivity index (χ4n) is 3.53. The van der Waals surface area contributed by atoms with Gasteiger partial charge < -0.3 is 9.84 Å². The second-order valence-electron chi connectivity index (χ2n) is 7.51. The minimum Gasteiger partial charge on any atom is -0.350 e. The Bertz CT molecular complexity index is 1510. The van der Waals surface area contributed by atoms with Crippen molar-refractivity contribution in [3.05, 3.63) is 74.5 Å². The molecule has 0 unspecified atom stereocenters. The molecule has 10 heteroatoms. The van der Waals surface area contributed by atoms with E-state index in [9.17, 15) is 9.59 Å². The van der Waals surface area contributed by atoms with Crippen molar-refractivity contribution in [2.24, 2.45) is 0 Å². The van der Waals surface area contributed by atoms with Gasteiger partial charge in [-0.15, -0.1) is 22.7 Å². The van der Waals surface area contributed by atoms with Gasteiger partial charge in [0.15, 0.2) is 0 Å². The molecule has 0 spiro atoms. The predicted octanol–water partition coefficient (Wildman–Crippen LogP) is 4.17. The maximum absolute atomic E-state index is 13.1. The van der Waals surface area contributed by atoms with Gasteiger partial charge in [0, 0.05) is 10.4 Å². The van der Waals surface area contributed by atoms with Crippen LogP contribution in [0.25, 0.3) is 32.4 Å². The van der Waals surface area contributed by atoms with Gasteiger partial charge >= 0.3 is 0 Å². The van der Waals surface area contributed by atoms with Gasteiger partial charge in [-0.2, -0.15) is 4.98 Å². The van der Waals surface area contributed by atoms with Gasteiger partial charge in [-0.25, -0.2) is 4.98 Å². The highest BCUT2D eigenvalue weighted by atomic mass is 32.1. The molecule has 33 heavy (non-hydrogen) atoms. The van der Waals surface area contributed by atoms with Gasteiger partial charge in [-0.05, 0) is 36.4 Å². The lowest BCUT2D eigenvalue weighted by Gasteiger charge is -2.06. The van der Waals surface area contributed by atoms with E-state index in [0.29, 0.717) is 38.9 Å². The zero-order chi connectivity index (χ0) is 22.9. The Morgan fingerprint density at radius 2 is 2.03 bits per heavy atom. The van der Waals surface area contributed by atoms with Crippen molar-refractivity contribution < 1.29 is 9.32 Å². The number of nitrogens with zero attached hydrogens (tertiary/aromatic N) is 4. The zero-order valence-electron chi connectivity index (χ0n) is 17.9. The van der Waals surface area contributed by atoms with E-state index < -0.39 is 0 Å². The van der Waals surface area contributed by atoms with Gasteiger partial charge in [0.05, 0.1) is 23.1 Å². The molecule has 4 aromatic heterocycles. The molecule has 1 N–H and O–H groups in total. The number of carbonyl (C=O) groups excluding carboxylic acids is 1. The average Bonchev–Trinajstić information content (AvgIpc) is 3.55. The molecule has 0 fully saturated rings. The summed E-state index contributed by atoms with van der Waals surface area (Å²) in [5.41, 5.74) is 2.37. The van der Waals surface area contributed by atoms with Crippen LogP contribution in [-0.4, -0.2) is 25.6 Å². The van der Waals surface area contributed by atoms with Crippen LogP contribution in [0.15, 0.2) is 57.4 Å². The number of rotatable bonds is 6. The SMILES string of the molecule is Cc1ccccc1-c1noc(-c2sc3ncn(CC(=O)NCc4cccs4)c(=O)c3c2C)n1. The third-order valence-corrected chi connectivity index (χ3v) is 7.34. The van der Waals surface area contributed by atoms with Crippen molar-refractivity contribution in [3.8, 4) is 22.2 Å². The molecule has 0 aliphatic rings. The molecule has 0 aliphatic carbocycles. The minimum absolute atomic E-state index is 0.101. The van der Waals surface area contributed by atoms with Crippen molar-refractivity contribution in [3.63, 3.8) is 0 Å². The summed E-state index contributed by atoms with van der Waals surface area (Å²) in [7, 11) is 0. The van der Waals surface area contributed by atoms with E-state index in [2.05, 4.69) is 20.4 Å². The number of carbonyl (C=O) groups is 1. The Balaban J connectivity index is 1.43. The van der Waals surface area contributed by atoms with Crippen LogP contribution in [0.5, 0.6) is 0 Å². The van der Waals surface area contributed by atoms with Crippen molar-refractivity contribution in [1.29, 1.82) is 0 Å². The Kier molecular flexibility index (Phi) is 5.61. The zero-order valence-corrected chi connectivity index (χ0v) is 19.5. The second kappa shape index (κ2) is 8.72. The number of amides is 1. The second-order valence-corrected chi connectivity index (χ2v) is 9.54.